The lowest BCUT2D eigenvalue weighted by Crippen LogP contribution is -2.49. The quantitative estimate of drug-likeness (QED) is 0.757. The Bertz CT molecular complexity index is 209. The molecule has 0 amide bonds. The van der Waals surface area contributed by atoms with Crippen LogP contribution < -0.4 is 5.32 Å². The van der Waals surface area contributed by atoms with E-state index in [-0.39, 0.29) is 6.10 Å². The van der Waals surface area contributed by atoms with Crippen LogP contribution in [0, 0.1) is 11.8 Å². The zero-order chi connectivity index (χ0) is 11.5. The Morgan fingerprint density at radius 3 is 2.19 bits per heavy atom. The van der Waals surface area contributed by atoms with Crippen molar-refractivity contribution >= 4 is 0 Å². The molecule has 0 heterocycles. The van der Waals surface area contributed by atoms with Gasteiger partial charge in [-0.15, -0.1) is 0 Å². The highest BCUT2D eigenvalue weighted by atomic mass is 16.3. The summed E-state index contributed by atoms with van der Waals surface area (Å²) in [6.45, 7) is 4.73. The average Bonchev–Trinajstić information content (AvgIpc) is 2.20. The summed E-state index contributed by atoms with van der Waals surface area (Å²) in [5.74, 6) is 1.70. The van der Waals surface area contributed by atoms with E-state index in [1.54, 1.807) is 0 Å². The molecule has 2 N–H and O–H groups in total. The monoisotopic (exact) mass is 225 g/mol. The third-order valence-corrected chi connectivity index (χ3v) is 4.36. The second-order valence-electron chi connectivity index (χ2n) is 6.24. The highest BCUT2D eigenvalue weighted by molar-refractivity contribution is 4.87. The highest BCUT2D eigenvalue weighted by Crippen LogP contribution is 2.30. The van der Waals surface area contributed by atoms with Crippen LogP contribution in [0.25, 0.3) is 0 Å². The molecule has 0 aromatic heterocycles. The van der Waals surface area contributed by atoms with Gasteiger partial charge in [0.1, 0.15) is 0 Å². The smallest absolute Gasteiger partial charge is 0.0693 e. The van der Waals surface area contributed by atoms with Crippen LogP contribution in [0.1, 0.15) is 58.8 Å². The van der Waals surface area contributed by atoms with Crippen molar-refractivity contribution in [2.45, 2.75) is 77.0 Å². The molecule has 16 heavy (non-hydrogen) atoms. The van der Waals surface area contributed by atoms with E-state index in [1.807, 2.05) is 0 Å². The van der Waals surface area contributed by atoms with Crippen molar-refractivity contribution in [3.63, 3.8) is 0 Å². The maximum atomic E-state index is 9.97. The maximum Gasteiger partial charge on any atom is 0.0693 e. The Morgan fingerprint density at radius 1 is 0.938 bits per heavy atom. The van der Waals surface area contributed by atoms with Gasteiger partial charge in [-0.05, 0) is 43.9 Å². The molecule has 94 valence electrons. The summed E-state index contributed by atoms with van der Waals surface area (Å²) in [5.41, 5.74) is 0. The van der Waals surface area contributed by atoms with E-state index in [0.717, 1.165) is 18.3 Å². The molecule has 0 aromatic rings. The van der Waals surface area contributed by atoms with Crippen LogP contribution in [-0.2, 0) is 0 Å². The predicted molar refractivity (Wildman–Crippen MR) is 67.4 cm³/mol. The van der Waals surface area contributed by atoms with E-state index in [0.29, 0.717) is 12.1 Å². The summed E-state index contributed by atoms with van der Waals surface area (Å²) >= 11 is 0. The van der Waals surface area contributed by atoms with E-state index >= 15 is 0 Å². The van der Waals surface area contributed by atoms with Gasteiger partial charge in [0.2, 0.25) is 0 Å². The fourth-order valence-electron chi connectivity index (χ4n) is 3.69. The van der Waals surface area contributed by atoms with Gasteiger partial charge in [-0.25, -0.2) is 0 Å². The predicted octanol–water partition coefficient (Wildman–Crippen LogP) is 2.70. The molecule has 2 unspecified atom stereocenters. The second-order valence-corrected chi connectivity index (χ2v) is 6.24. The lowest BCUT2D eigenvalue weighted by molar-refractivity contribution is 0.0759. The number of aliphatic hydroxyl groups is 1. The van der Waals surface area contributed by atoms with Crippen molar-refractivity contribution in [2.75, 3.05) is 0 Å². The van der Waals surface area contributed by atoms with Crippen LogP contribution in [-0.4, -0.2) is 23.3 Å². The summed E-state index contributed by atoms with van der Waals surface area (Å²) in [7, 11) is 0. The number of hydrogen-bond donors (Lipinski definition) is 2. The Labute approximate surface area is 99.8 Å². The van der Waals surface area contributed by atoms with Gasteiger partial charge >= 0.3 is 0 Å². The molecule has 0 bridgehead atoms. The SMILES string of the molecule is CC1CC(C)CC(N[C@@H]2CCCC[C@H]2O)C1. The summed E-state index contributed by atoms with van der Waals surface area (Å²) < 4.78 is 0. The summed E-state index contributed by atoms with van der Waals surface area (Å²) in [5, 5.41) is 13.7. The maximum absolute atomic E-state index is 9.97. The molecule has 0 aliphatic heterocycles. The molecule has 0 saturated heterocycles. The van der Waals surface area contributed by atoms with Gasteiger partial charge in [0.15, 0.2) is 0 Å². The molecule has 2 rings (SSSR count). The Hall–Kier alpha value is -0.0800. The Balaban J connectivity index is 1.83. The molecule has 2 saturated carbocycles. The molecule has 0 radical (unpaired) electrons. The Kier molecular flexibility index (Phi) is 4.26. The molecule has 0 aromatic carbocycles. The first-order valence-corrected chi connectivity index (χ1v) is 7.09. The zero-order valence-electron chi connectivity index (χ0n) is 10.8. The number of rotatable bonds is 2. The van der Waals surface area contributed by atoms with Crippen LogP contribution in [0.15, 0.2) is 0 Å². The van der Waals surface area contributed by atoms with E-state index < -0.39 is 0 Å². The fourth-order valence-corrected chi connectivity index (χ4v) is 3.69. The van der Waals surface area contributed by atoms with Gasteiger partial charge in [-0.3, -0.25) is 0 Å². The lowest BCUT2D eigenvalue weighted by atomic mass is 9.79. The topological polar surface area (TPSA) is 32.3 Å². The van der Waals surface area contributed by atoms with Crippen molar-refractivity contribution in [3.05, 3.63) is 0 Å². The van der Waals surface area contributed by atoms with Crippen LogP contribution in [0.4, 0.5) is 0 Å². The minimum atomic E-state index is -0.0960. The van der Waals surface area contributed by atoms with Crippen molar-refractivity contribution in [2.24, 2.45) is 11.8 Å². The number of aliphatic hydroxyl groups excluding tert-OH is 1. The third-order valence-electron chi connectivity index (χ3n) is 4.36. The summed E-state index contributed by atoms with van der Waals surface area (Å²) in [6.07, 6.45) is 8.53. The van der Waals surface area contributed by atoms with Gasteiger partial charge in [0.25, 0.3) is 0 Å². The first kappa shape index (κ1) is 12.4. The van der Waals surface area contributed by atoms with Crippen molar-refractivity contribution < 1.29 is 5.11 Å². The molecular weight excluding hydrogens is 198 g/mol. The van der Waals surface area contributed by atoms with E-state index in [4.69, 9.17) is 0 Å². The molecule has 2 aliphatic rings. The van der Waals surface area contributed by atoms with Gasteiger partial charge in [-0.2, -0.15) is 0 Å². The standard InChI is InChI=1S/C14H27NO/c1-10-7-11(2)9-12(8-10)15-13-5-3-4-6-14(13)16/h10-16H,3-9H2,1-2H3/t10?,11?,12?,13-,14-/m1/s1. The first-order chi connectivity index (χ1) is 7.65. The minimum Gasteiger partial charge on any atom is -0.392 e. The van der Waals surface area contributed by atoms with Gasteiger partial charge in [0.05, 0.1) is 6.10 Å². The summed E-state index contributed by atoms with van der Waals surface area (Å²) in [4.78, 5) is 0. The first-order valence-electron chi connectivity index (χ1n) is 7.09. The summed E-state index contributed by atoms with van der Waals surface area (Å²) in [6, 6.07) is 1.02. The molecule has 0 spiro atoms. The molecule has 4 atom stereocenters. The van der Waals surface area contributed by atoms with Gasteiger partial charge in [-0.1, -0.05) is 26.7 Å². The van der Waals surface area contributed by atoms with Crippen LogP contribution in [0.5, 0.6) is 0 Å². The third kappa shape index (κ3) is 3.21. The molecule has 2 heteroatoms. The molecular formula is C14H27NO. The van der Waals surface area contributed by atoms with E-state index in [9.17, 15) is 5.11 Å². The minimum absolute atomic E-state index is 0.0960. The Morgan fingerprint density at radius 2 is 1.56 bits per heavy atom. The highest BCUT2D eigenvalue weighted by Gasteiger charge is 2.29. The van der Waals surface area contributed by atoms with Crippen LogP contribution in [0.3, 0.4) is 0 Å². The van der Waals surface area contributed by atoms with Crippen molar-refractivity contribution in [1.29, 1.82) is 0 Å². The normalized spacial score (nSPS) is 45.6. The molecule has 2 aliphatic carbocycles. The van der Waals surface area contributed by atoms with Gasteiger partial charge < -0.3 is 10.4 Å². The van der Waals surface area contributed by atoms with E-state index in [1.165, 1.54) is 38.5 Å². The van der Waals surface area contributed by atoms with Crippen molar-refractivity contribution in [3.8, 4) is 0 Å². The van der Waals surface area contributed by atoms with Crippen LogP contribution >= 0.6 is 0 Å². The second kappa shape index (κ2) is 5.50. The zero-order valence-corrected chi connectivity index (χ0v) is 10.8. The molecule has 2 nitrogen and oxygen atoms in total. The number of hydrogen-bond acceptors (Lipinski definition) is 2. The fraction of sp³-hybridized carbons (Fsp3) is 1.00. The van der Waals surface area contributed by atoms with Crippen LogP contribution in [0.2, 0.25) is 0 Å². The number of nitrogens with one attached hydrogen (secondary N) is 1. The molecule has 2 fully saturated rings. The van der Waals surface area contributed by atoms with Gasteiger partial charge in [0, 0.05) is 12.1 Å². The largest absolute Gasteiger partial charge is 0.392 e. The average molecular weight is 225 g/mol. The lowest BCUT2D eigenvalue weighted by Gasteiger charge is -2.37. The van der Waals surface area contributed by atoms with Crippen molar-refractivity contribution in [1.82, 2.24) is 5.32 Å². The van der Waals surface area contributed by atoms with E-state index in [2.05, 4.69) is 19.2 Å².